The van der Waals surface area contributed by atoms with Gasteiger partial charge in [-0.05, 0) is 43.5 Å². The second kappa shape index (κ2) is 5.36. The van der Waals surface area contributed by atoms with Crippen LogP contribution in [0.3, 0.4) is 0 Å². The molecule has 0 aromatic heterocycles. The molecule has 2 nitrogen and oxygen atoms in total. The SMILES string of the molecule is Cc1cc(F)ccc1OC1CC(O)C12CCCCCC2. The van der Waals surface area contributed by atoms with E-state index in [9.17, 15) is 9.50 Å². The van der Waals surface area contributed by atoms with Crippen LogP contribution >= 0.6 is 0 Å². The van der Waals surface area contributed by atoms with Gasteiger partial charge in [0.2, 0.25) is 0 Å². The van der Waals surface area contributed by atoms with E-state index in [2.05, 4.69) is 0 Å². The summed E-state index contributed by atoms with van der Waals surface area (Å²) < 4.78 is 19.3. The van der Waals surface area contributed by atoms with E-state index < -0.39 is 0 Å². The maximum absolute atomic E-state index is 13.1. The Kier molecular flexibility index (Phi) is 3.72. The summed E-state index contributed by atoms with van der Waals surface area (Å²) >= 11 is 0. The third-order valence-corrected chi connectivity index (χ3v) is 5.18. The lowest BCUT2D eigenvalue weighted by Crippen LogP contribution is -2.59. The Bertz CT molecular complexity index is 478. The Morgan fingerprint density at radius 3 is 2.50 bits per heavy atom. The molecule has 2 saturated carbocycles. The third-order valence-electron chi connectivity index (χ3n) is 5.18. The zero-order chi connectivity index (χ0) is 14.2. The molecule has 2 unspecified atom stereocenters. The van der Waals surface area contributed by atoms with Gasteiger partial charge in [0.25, 0.3) is 0 Å². The zero-order valence-electron chi connectivity index (χ0n) is 12.1. The minimum absolute atomic E-state index is 0.0582. The lowest BCUT2D eigenvalue weighted by Gasteiger charge is -2.53. The number of benzene rings is 1. The number of rotatable bonds is 2. The molecule has 0 saturated heterocycles. The normalized spacial score (nSPS) is 28.8. The fourth-order valence-corrected chi connectivity index (χ4v) is 3.83. The molecule has 3 rings (SSSR count). The van der Waals surface area contributed by atoms with Crippen LogP contribution in [0.5, 0.6) is 5.75 Å². The van der Waals surface area contributed by atoms with Crippen molar-refractivity contribution in [2.24, 2.45) is 5.41 Å². The summed E-state index contributed by atoms with van der Waals surface area (Å²) in [5.41, 5.74) is 0.771. The van der Waals surface area contributed by atoms with Crippen molar-refractivity contribution in [2.75, 3.05) is 0 Å². The number of hydrogen-bond donors (Lipinski definition) is 1. The Balaban J connectivity index is 1.76. The minimum atomic E-state index is -0.230. The quantitative estimate of drug-likeness (QED) is 0.886. The number of ether oxygens (including phenoxy) is 1. The van der Waals surface area contributed by atoms with Crippen molar-refractivity contribution in [3.05, 3.63) is 29.6 Å². The predicted octanol–water partition coefficient (Wildman–Crippen LogP) is 3.99. The summed E-state index contributed by atoms with van der Waals surface area (Å²) in [4.78, 5) is 0. The molecule has 0 bridgehead atoms. The summed E-state index contributed by atoms with van der Waals surface area (Å²) in [5, 5.41) is 10.3. The number of aliphatic hydroxyl groups excluding tert-OH is 1. The molecule has 0 heterocycles. The van der Waals surface area contributed by atoms with Gasteiger partial charge in [-0.15, -0.1) is 0 Å². The van der Waals surface area contributed by atoms with E-state index in [0.717, 1.165) is 24.2 Å². The van der Waals surface area contributed by atoms with E-state index in [1.54, 1.807) is 6.07 Å². The van der Waals surface area contributed by atoms with Crippen LogP contribution in [0.25, 0.3) is 0 Å². The van der Waals surface area contributed by atoms with Gasteiger partial charge in [0.15, 0.2) is 0 Å². The van der Waals surface area contributed by atoms with Crippen molar-refractivity contribution < 1.29 is 14.2 Å². The standard InChI is InChI=1S/C17H23FO2/c1-12-10-13(18)6-7-14(12)20-16-11-15(19)17(16)8-4-2-3-5-9-17/h6-7,10,15-16,19H,2-5,8-9,11H2,1H3. The molecule has 2 aliphatic carbocycles. The average Bonchev–Trinajstić information content (AvgIpc) is 2.69. The Hall–Kier alpha value is -1.09. The first-order chi connectivity index (χ1) is 9.62. The molecular weight excluding hydrogens is 255 g/mol. The van der Waals surface area contributed by atoms with Crippen molar-refractivity contribution in [1.82, 2.24) is 0 Å². The van der Waals surface area contributed by atoms with Crippen LogP contribution in [0, 0.1) is 18.2 Å². The van der Waals surface area contributed by atoms with Gasteiger partial charge in [-0.25, -0.2) is 4.39 Å². The van der Waals surface area contributed by atoms with Gasteiger partial charge in [-0.2, -0.15) is 0 Å². The third kappa shape index (κ3) is 2.32. The van der Waals surface area contributed by atoms with Crippen LogP contribution in [0.2, 0.25) is 0 Å². The first-order valence-corrected chi connectivity index (χ1v) is 7.73. The predicted molar refractivity (Wildman–Crippen MR) is 76.3 cm³/mol. The number of aliphatic hydroxyl groups is 1. The summed E-state index contributed by atoms with van der Waals surface area (Å²) in [6.45, 7) is 1.87. The number of aryl methyl sites for hydroxylation is 1. The van der Waals surface area contributed by atoms with Gasteiger partial charge in [0.1, 0.15) is 17.7 Å². The largest absolute Gasteiger partial charge is 0.489 e. The van der Waals surface area contributed by atoms with Crippen molar-refractivity contribution in [2.45, 2.75) is 64.1 Å². The summed E-state index contributed by atoms with van der Waals surface area (Å²) in [7, 11) is 0. The molecule has 1 aromatic rings. The van der Waals surface area contributed by atoms with Crippen molar-refractivity contribution in [3.8, 4) is 5.75 Å². The van der Waals surface area contributed by atoms with Crippen LogP contribution in [-0.4, -0.2) is 17.3 Å². The van der Waals surface area contributed by atoms with Gasteiger partial charge in [-0.3, -0.25) is 0 Å². The number of hydrogen-bond acceptors (Lipinski definition) is 2. The van der Waals surface area contributed by atoms with Crippen LogP contribution in [0.4, 0.5) is 4.39 Å². The summed E-state index contributed by atoms with van der Waals surface area (Å²) in [6, 6.07) is 4.65. The fourth-order valence-electron chi connectivity index (χ4n) is 3.83. The molecule has 1 aromatic carbocycles. The van der Waals surface area contributed by atoms with Gasteiger partial charge in [0, 0.05) is 11.8 Å². The van der Waals surface area contributed by atoms with Crippen molar-refractivity contribution >= 4 is 0 Å². The second-order valence-corrected chi connectivity index (χ2v) is 6.42. The Morgan fingerprint density at radius 2 is 1.90 bits per heavy atom. The molecule has 2 aliphatic rings. The van der Waals surface area contributed by atoms with Gasteiger partial charge in [0.05, 0.1) is 6.10 Å². The minimum Gasteiger partial charge on any atom is -0.489 e. The molecule has 2 fully saturated rings. The maximum Gasteiger partial charge on any atom is 0.123 e. The van der Waals surface area contributed by atoms with Crippen LogP contribution in [-0.2, 0) is 0 Å². The van der Waals surface area contributed by atoms with E-state index in [1.165, 1.54) is 37.8 Å². The van der Waals surface area contributed by atoms with Crippen LogP contribution < -0.4 is 4.74 Å². The topological polar surface area (TPSA) is 29.5 Å². The second-order valence-electron chi connectivity index (χ2n) is 6.42. The molecule has 0 aliphatic heterocycles. The smallest absolute Gasteiger partial charge is 0.123 e. The van der Waals surface area contributed by atoms with Crippen molar-refractivity contribution in [1.29, 1.82) is 0 Å². The molecular formula is C17H23FO2. The summed E-state index contributed by atoms with van der Waals surface area (Å²) in [6.07, 6.45) is 7.55. The van der Waals surface area contributed by atoms with Gasteiger partial charge >= 0.3 is 0 Å². The highest BCUT2D eigenvalue weighted by Crippen LogP contribution is 2.52. The van der Waals surface area contributed by atoms with E-state index in [-0.39, 0.29) is 23.4 Å². The highest BCUT2D eigenvalue weighted by atomic mass is 19.1. The first-order valence-electron chi connectivity index (χ1n) is 7.73. The summed E-state index contributed by atoms with van der Waals surface area (Å²) in [5.74, 6) is 0.527. The molecule has 3 heteroatoms. The monoisotopic (exact) mass is 278 g/mol. The Labute approximate surface area is 120 Å². The van der Waals surface area contributed by atoms with Crippen molar-refractivity contribution in [3.63, 3.8) is 0 Å². The maximum atomic E-state index is 13.1. The lowest BCUT2D eigenvalue weighted by atomic mass is 9.59. The first kappa shape index (κ1) is 13.9. The van der Waals surface area contributed by atoms with Gasteiger partial charge in [-0.1, -0.05) is 25.7 Å². The van der Waals surface area contributed by atoms with Crippen LogP contribution in [0.1, 0.15) is 50.5 Å². The Morgan fingerprint density at radius 1 is 1.20 bits per heavy atom. The number of halogens is 1. The average molecular weight is 278 g/mol. The van der Waals surface area contributed by atoms with Crippen LogP contribution in [0.15, 0.2) is 18.2 Å². The van der Waals surface area contributed by atoms with E-state index in [1.807, 2.05) is 6.92 Å². The van der Waals surface area contributed by atoms with E-state index >= 15 is 0 Å². The molecule has 110 valence electrons. The van der Waals surface area contributed by atoms with E-state index in [4.69, 9.17) is 4.74 Å². The highest BCUT2D eigenvalue weighted by molar-refractivity contribution is 5.33. The molecule has 0 amide bonds. The lowest BCUT2D eigenvalue weighted by molar-refractivity contribution is -0.163. The highest BCUT2D eigenvalue weighted by Gasteiger charge is 2.55. The molecule has 2 atom stereocenters. The molecule has 1 N–H and O–H groups in total. The molecule has 1 spiro atoms. The van der Waals surface area contributed by atoms with E-state index in [0.29, 0.717) is 6.42 Å². The van der Waals surface area contributed by atoms with Gasteiger partial charge < -0.3 is 9.84 Å². The zero-order valence-corrected chi connectivity index (χ0v) is 12.1. The molecule has 20 heavy (non-hydrogen) atoms. The fraction of sp³-hybridized carbons (Fsp3) is 0.647. The molecule has 0 radical (unpaired) electrons.